The summed E-state index contributed by atoms with van der Waals surface area (Å²) in [5.74, 6) is 0. The molecule has 0 aliphatic heterocycles. The van der Waals surface area contributed by atoms with Crippen LogP contribution in [0, 0.1) is 0 Å². The summed E-state index contributed by atoms with van der Waals surface area (Å²) in [6.45, 7) is 4.22. The number of hydrogen-bond acceptors (Lipinski definition) is 0. The minimum atomic E-state index is -1.71. The van der Waals surface area contributed by atoms with Crippen molar-refractivity contribution in [3.63, 3.8) is 0 Å². The van der Waals surface area contributed by atoms with Crippen LogP contribution >= 0.6 is 11.1 Å². The molecule has 0 bridgehead atoms. The van der Waals surface area contributed by atoms with E-state index in [2.05, 4.69) is 43.0 Å². The van der Waals surface area contributed by atoms with Crippen LogP contribution in [0.25, 0.3) is 0 Å². The van der Waals surface area contributed by atoms with Crippen molar-refractivity contribution in [2.45, 2.75) is 19.5 Å². The van der Waals surface area contributed by atoms with Crippen LogP contribution < -0.4 is 5.19 Å². The molecule has 1 atom stereocenters. The highest BCUT2D eigenvalue weighted by atomic mass is 35.6. The summed E-state index contributed by atoms with van der Waals surface area (Å²) >= 11 is 6.53. The molecule has 0 radical (unpaired) electrons. The second kappa shape index (κ2) is 4.63. The monoisotopic (exact) mass is 210 g/mol. The normalized spacial score (nSPS) is 15.9. The summed E-state index contributed by atoms with van der Waals surface area (Å²) in [6.07, 6.45) is 4.22. The molecule has 0 aliphatic rings. The molecule has 0 amide bonds. The average molecular weight is 211 g/mol. The maximum Gasteiger partial charge on any atom is 0.187 e. The number of halogens is 1. The van der Waals surface area contributed by atoms with Crippen molar-refractivity contribution in [1.29, 1.82) is 0 Å². The molecule has 0 saturated heterocycles. The Morgan fingerprint density at radius 3 is 2.46 bits per heavy atom. The van der Waals surface area contributed by atoms with Gasteiger partial charge in [-0.1, -0.05) is 49.0 Å². The van der Waals surface area contributed by atoms with Crippen molar-refractivity contribution < 1.29 is 0 Å². The lowest BCUT2D eigenvalue weighted by atomic mass is 10.4. The van der Waals surface area contributed by atoms with Gasteiger partial charge < -0.3 is 0 Å². The van der Waals surface area contributed by atoms with Crippen molar-refractivity contribution in [3.8, 4) is 0 Å². The molecule has 0 aromatic heterocycles. The van der Waals surface area contributed by atoms with E-state index in [4.69, 9.17) is 11.1 Å². The lowest BCUT2D eigenvalue weighted by Crippen LogP contribution is -2.37. The smallest absolute Gasteiger partial charge is 0.161 e. The van der Waals surface area contributed by atoms with Crippen LogP contribution in [-0.4, -0.2) is 7.38 Å². The molecule has 0 N–H and O–H groups in total. The molecular formula is C11H15ClSi. The van der Waals surface area contributed by atoms with E-state index >= 15 is 0 Å². The summed E-state index contributed by atoms with van der Waals surface area (Å²) in [7, 11) is -1.71. The summed E-state index contributed by atoms with van der Waals surface area (Å²) in [5.41, 5.74) is 0. The third-order valence-corrected chi connectivity index (χ3v) is 5.77. The zero-order chi connectivity index (χ0) is 9.73. The SMILES string of the molecule is C/C=C/C[Si](C)(Cl)c1ccccc1. The lowest BCUT2D eigenvalue weighted by molar-refractivity contribution is 1.56. The van der Waals surface area contributed by atoms with Crippen LogP contribution in [0.4, 0.5) is 0 Å². The molecule has 2 heteroatoms. The number of benzene rings is 1. The van der Waals surface area contributed by atoms with E-state index in [0.29, 0.717) is 0 Å². The van der Waals surface area contributed by atoms with E-state index in [9.17, 15) is 0 Å². The van der Waals surface area contributed by atoms with Gasteiger partial charge in [0.05, 0.1) is 0 Å². The minimum absolute atomic E-state index is 1.01. The molecule has 0 saturated carbocycles. The Kier molecular flexibility index (Phi) is 3.76. The first-order valence-corrected chi connectivity index (χ1v) is 8.24. The van der Waals surface area contributed by atoms with Gasteiger partial charge in [-0.2, -0.15) is 11.1 Å². The molecular weight excluding hydrogens is 196 g/mol. The fourth-order valence-corrected chi connectivity index (χ4v) is 3.69. The lowest BCUT2D eigenvalue weighted by Gasteiger charge is -2.17. The van der Waals surface area contributed by atoms with Gasteiger partial charge in [-0.05, 0) is 18.2 Å². The first-order valence-electron chi connectivity index (χ1n) is 4.52. The van der Waals surface area contributed by atoms with Gasteiger partial charge in [-0.3, -0.25) is 0 Å². The van der Waals surface area contributed by atoms with Crippen molar-refractivity contribution in [1.82, 2.24) is 0 Å². The van der Waals surface area contributed by atoms with Gasteiger partial charge in [0.15, 0.2) is 7.38 Å². The van der Waals surface area contributed by atoms with Gasteiger partial charge >= 0.3 is 0 Å². The Labute approximate surface area is 86.0 Å². The Morgan fingerprint density at radius 1 is 1.31 bits per heavy atom. The van der Waals surface area contributed by atoms with Gasteiger partial charge in [0.25, 0.3) is 0 Å². The molecule has 70 valence electrons. The van der Waals surface area contributed by atoms with Crippen LogP contribution in [-0.2, 0) is 0 Å². The van der Waals surface area contributed by atoms with Crippen LogP contribution in [0.15, 0.2) is 42.5 Å². The van der Waals surface area contributed by atoms with Gasteiger partial charge in [0, 0.05) is 0 Å². The third-order valence-electron chi connectivity index (χ3n) is 2.11. The number of rotatable bonds is 3. The molecule has 0 spiro atoms. The van der Waals surface area contributed by atoms with E-state index in [1.807, 2.05) is 13.0 Å². The van der Waals surface area contributed by atoms with Crippen LogP contribution in [0.2, 0.25) is 12.6 Å². The first kappa shape index (κ1) is 10.5. The summed E-state index contributed by atoms with van der Waals surface area (Å²) in [6, 6.07) is 11.4. The molecule has 0 aliphatic carbocycles. The fraction of sp³-hybridized carbons (Fsp3) is 0.273. The van der Waals surface area contributed by atoms with Crippen LogP contribution in [0.5, 0.6) is 0 Å². The van der Waals surface area contributed by atoms with E-state index in [1.54, 1.807) is 0 Å². The first-order chi connectivity index (χ1) is 6.17. The van der Waals surface area contributed by atoms with Gasteiger partial charge in [-0.25, -0.2) is 0 Å². The van der Waals surface area contributed by atoms with Crippen LogP contribution in [0.1, 0.15) is 6.92 Å². The topological polar surface area (TPSA) is 0 Å². The summed E-state index contributed by atoms with van der Waals surface area (Å²) in [5, 5.41) is 1.31. The quantitative estimate of drug-likeness (QED) is 0.408. The van der Waals surface area contributed by atoms with Crippen molar-refractivity contribution in [2.24, 2.45) is 0 Å². The zero-order valence-corrected chi connectivity index (χ0v) is 9.88. The molecule has 1 rings (SSSR count). The Balaban J connectivity index is 2.81. The zero-order valence-electron chi connectivity index (χ0n) is 8.13. The van der Waals surface area contributed by atoms with E-state index in [0.717, 1.165) is 6.04 Å². The number of allylic oxidation sites excluding steroid dienone is 2. The largest absolute Gasteiger partial charge is 0.187 e. The predicted octanol–water partition coefficient (Wildman–Crippen LogP) is 3.28. The molecule has 13 heavy (non-hydrogen) atoms. The molecule has 0 fully saturated rings. The number of hydrogen-bond donors (Lipinski definition) is 0. The Bertz CT molecular complexity index is 277. The van der Waals surface area contributed by atoms with Gasteiger partial charge in [-0.15, -0.1) is 0 Å². The van der Waals surface area contributed by atoms with Crippen LogP contribution in [0.3, 0.4) is 0 Å². The summed E-state index contributed by atoms with van der Waals surface area (Å²) < 4.78 is 0. The molecule has 0 heterocycles. The highest BCUT2D eigenvalue weighted by Gasteiger charge is 2.24. The van der Waals surface area contributed by atoms with E-state index in [-0.39, 0.29) is 0 Å². The average Bonchev–Trinajstić information content (AvgIpc) is 2.16. The Morgan fingerprint density at radius 2 is 1.92 bits per heavy atom. The standard InChI is InChI=1S/C11H15ClSi/c1-3-4-10-13(2,12)11-8-6-5-7-9-11/h3-9H,10H2,1-2H3/b4-3+. The third kappa shape index (κ3) is 3.01. The molecule has 0 nitrogen and oxygen atoms in total. The molecule has 1 aromatic rings. The molecule has 1 aromatic carbocycles. The minimum Gasteiger partial charge on any atom is -0.161 e. The second-order valence-electron chi connectivity index (χ2n) is 3.34. The maximum absolute atomic E-state index is 6.53. The van der Waals surface area contributed by atoms with Gasteiger partial charge in [0.2, 0.25) is 0 Å². The van der Waals surface area contributed by atoms with E-state index in [1.165, 1.54) is 5.19 Å². The van der Waals surface area contributed by atoms with Gasteiger partial charge in [0.1, 0.15) is 0 Å². The van der Waals surface area contributed by atoms with E-state index < -0.39 is 7.38 Å². The maximum atomic E-state index is 6.53. The predicted molar refractivity (Wildman–Crippen MR) is 63.2 cm³/mol. The van der Waals surface area contributed by atoms with Crippen molar-refractivity contribution in [2.75, 3.05) is 0 Å². The highest BCUT2D eigenvalue weighted by molar-refractivity contribution is 7.27. The Hall–Kier alpha value is -0.533. The highest BCUT2D eigenvalue weighted by Crippen LogP contribution is 2.15. The van der Waals surface area contributed by atoms with Crippen molar-refractivity contribution >= 4 is 23.6 Å². The second-order valence-corrected chi connectivity index (χ2v) is 9.22. The summed E-state index contributed by atoms with van der Waals surface area (Å²) in [4.78, 5) is 0. The fourth-order valence-electron chi connectivity index (χ4n) is 1.24. The molecule has 1 unspecified atom stereocenters. The van der Waals surface area contributed by atoms with Crippen molar-refractivity contribution in [3.05, 3.63) is 42.5 Å².